The van der Waals surface area contributed by atoms with Gasteiger partial charge in [0.25, 0.3) is 0 Å². The second-order valence-corrected chi connectivity index (χ2v) is 8.17. The molecule has 0 aromatic carbocycles. The summed E-state index contributed by atoms with van der Waals surface area (Å²) in [4.78, 5) is 0. The summed E-state index contributed by atoms with van der Waals surface area (Å²) < 4.78 is 0. The van der Waals surface area contributed by atoms with E-state index in [0.29, 0.717) is 17.3 Å². The van der Waals surface area contributed by atoms with Gasteiger partial charge in [-0.2, -0.15) is 0 Å². The highest BCUT2D eigenvalue weighted by Crippen LogP contribution is 2.64. The summed E-state index contributed by atoms with van der Waals surface area (Å²) in [6, 6.07) is 0. The van der Waals surface area contributed by atoms with Crippen LogP contribution in [0.2, 0.25) is 0 Å². The first-order chi connectivity index (χ1) is 8.43. The maximum atomic E-state index is 10.5. The van der Waals surface area contributed by atoms with Crippen molar-refractivity contribution in [3.8, 4) is 0 Å². The van der Waals surface area contributed by atoms with Crippen LogP contribution in [0.3, 0.4) is 0 Å². The second-order valence-electron chi connectivity index (χ2n) is 8.17. The molecule has 104 valence electrons. The summed E-state index contributed by atoms with van der Waals surface area (Å²) in [7, 11) is 0. The van der Waals surface area contributed by atoms with E-state index in [-0.39, 0.29) is 6.10 Å². The summed E-state index contributed by atoms with van der Waals surface area (Å²) >= 11 is 0. The van der Waals surface area contributed by atoms with Crippen molar-refractivity contribution < 1.29 is 5.11 Å². The zero-order valence-corrected chi connectivity index (χ0v) is 12.5. The molecule has 1 nitrogen and oxygen atoms in total. The molecule has 0 radical (unpaired) electrons. The van der Waals surface area contributed by atoms with Gasteiger partial charge in [-0.25, -0.2) is 0 Å². The molecule has 0 aromatic heterocycles. The summed E-state index contributed by atoms with van der Waals surface area (Å²) in [6.07, 6.45) is 6.69. The Kier molecular flexibility index (Phi) is 3.05. The van der Waals surface area contributed by atoms with Crippen LogP contribution in [-0.4, -0.2) is 11.2 Å². The number of rotatable bonds is 1. The molecule has 3 saturated carbocycles. The Morgan fingerprint density at radius 1 is 0.944 bits per heavy atom. The summed E-state index contributed by atoms with van der Waals surface area (Å²) in [5.74, 6) is 4.65. The van der Waals surface area contributed by atoms with Crippen LogP contribution in [0, 0.1) is 40.9 Å². The van der Waals surface area contributed by atoms with Crippen LogP contribution in [0.5, 0.6) is 0 Å². The predicted molar refractivity (Wildman–Crippen MR) is 75.2 cm³/mol. The van der Waals surface area contributed by atoms with Crippen molar-refractivity contribution in [2.75, 3.05) is 0 Å². The quantitative estimate of drug-likeness (QED) is 0.743. The molecular weight excluding hydrogens is 220 g/mol. The van der Waals surface area contributed by atoms with Crippen LogP contribution >= 0.6 is 0 Å². The first-order valence-electron chi connectivity index (χ1n) is 8.11. The van der Waals surface area contributed by atoms with Crippen LogP contribution in [0.15, 0.2) is 0 Å². The smallest absolute Gasteiger partial charge is 0.0596 e. The van der Waals surface area contributed by atoms with E-state index in [4.69, 9.17) is 0 Å². The minimum Gasteiger partial charge on any atom is -0.393 e. The molecule has 0 spiro atoms. The molecule has 3 rings (SSSR count). The Labute approximate surface area is 112 Å². The van der Waals surface area contributed by atoms with E-state index in [1.54, 1.807) is 0 Å². The molecule has 3 fully saturated rings. The van der Waals surface area contributed by atoms with Gasteiger partial charge in [-0.3, -0.25) is 0 Å². The summed E-state index contributed by atoms with van der Waals surface area (Å²) in [5.41, 5.74) is 0.548. The van der Waals surface area contributed by atoms with Crippen LogP contribution in [-0.2, 0) is 0 Å². The lowest BCUT2D eigenvalue weighted by atomic mass is 9.60. The SMILES string of the molecule is C[C@@H]1CCC[C@H]([C@@H]2C[C@H]3C[C@H]2[C@@H](C)C3(C)C)[C@H]1O. The first kappa shape index (κ1) is 13.0. The fourth-order valence-electron chi connectivity index (χ4n) is 5.61. The van der Waals surface area contributed by atoms with Crippen molar-refractivity contribution in [2.24, 2.45) is 40.9 Å². The van der Waals surface area contributed by atoms with Crippen LogP contribution in [0.4, 0.5) is 0 Å². The van der Waals surface area contributed by atoms with Crippen LogP contribution < -0.4 is 0 Å². The largest absolute Gasteiger partial charge is 0.393 e. The molecule has 7 atom stereocenters. The fourth-order valence-corrected chi connectivity index (χ4v) is 5.61. The van der Waals surface area contributed by atoms with Gasteiger partial charge in [0.15, 0.2) is 0 Å². The van der Waals surface area contributed by atoms with Crippen molar-refractivity contribution in [3.05, 3.63) is 0 Å². The lowest BCUT2D eigenvalue weighted by molar-refractivity contribution is -0.0365. The molecule has 1 heteroatoms. The van der Waals surface area contributed by atoms with Gasteiger partial charge in [-0.15, -0.1) is 0 Å². The van der Waals surface area contributed by atoms with Crippen LogP contribution in [0.1, 0.15) is 59.8 Å². The maximum Gasteiger partial charge on any atom is 0.0596 e. The highest BCUT2D eigenvalue weighted by Gasteiger charge is 2.57. The average molecular weight is 250 g/mol. The molecule has 0 aromatic rings. The van der Waals surface area contributed by atoms with Gasteiger partial charge in [-0.05, 0) is 66.6 Å². The van der Waals surface area contributed by atoms with E-state index < -0.39 is 0 Å². The zero-order valence-electron chi connectivity index (χ0n) is 12.5. The van der Waals surface area contributed by atoms with Crippen molar-refractivity contribution in [1.82, 2.24) is 0 Å². The zero-order chi connectivity index (χ0) is 13.1. The molecule has 1 N–H and O–H groups in total. The minimum atomic E-state index is -0.0154. The third-order valence-electron chi connectivity index (χ3n) is 7.30. The lowest BCUT2D eigenvalue weighted by Gasteiger charge is -2.46. The van der Waals surface area contributed by atoms with E-state index in [0.717, 1.165) is 23.7 Å². The summed E-state index contributed by atoms with van der Waals surface area (Å²) in [5, 5.41) is 10.5. The second kappa shape index (κ2) is 4.23. The predicted octanol–water partition coefficient (Wildman–Crippen LogP) is 4.10. The molecule has 3 aliphatic rings. The lowest BCUT2D eigenvalue weighted by Crippen LogP contribution is -2.42. The Bertz CT molecular complexity index is 318. The van der Waals surface area contributed by atoms with Gasteiger partial charge in [0.2, 0.25) is 0 Å². The third kappa shape index (κ3) is 1.69. The van der Waals surface area contributed by atoms with E-state index in [2.05, 4.69) is 27.7 Å². The van der Waals surface area contributed by atoms with E-state index >= 15 is 0 Å². The average Bonchev–Trinajstić information content (AvgIpc) is 2.83. The summed E-state index contributed by atoms with van der Waals surface area (Å²) in [6.45, 7) is 9.66. The van der Waals surface area contributed by atoms with Gasteiger partial charge >= 0.3 is 0 Å². The number of fused-ring (bicyclic) bond motifs is 2. The molecule has 0 heterocycles. The minimum absolute atomic E-state index is 0.0154. The standard InChI is InChI=1S/C17H30O/c1-10-6-5-7-13(16(10)18)15-9-12-8-14(15)11(2)17(12,3)4/h10-16,18H,5-9H2,1-4H3/t10-,11-,12-,13-,14+,15+,16+/m1/s1. The van der Waals surface area contributed by atoms with Gasteiger partial charge in [0.05, 0.1) is 6.10 Å². The van der Waals surface area contributed by atoms with E-state index in [1.807, 2.05) is 0 Å². The monoisotopic (exact) mass is 250 g/mol. The molecule has 0 aliphatic heterocycles. The van der Waals surface area contributed by atoms with E-state index in [1.165, 1.54) is 32.1 Å². The third-order valence-corrected chi connectivity index (χ3v) is 7.30. The normalized spacial score (nSPS) is 54.8. The molecular formula is C17H30O. The molecule has 3 aliphatic carbocycles. The molecule has 18 heavy (non-hydrogen) atoms. The number of aliphatic hydroxyl groups is 1. The Morgan fingerprint density at radius 2 is 1.61 bits per heavy atom. The highest BCUT2D eigenvalue weighted by atomic mass is 16.3. The van der Waals surface area contributed by atoms with Crippen molar-refractivity contribution in [1.29, 1.82) is 0 Å². The van der Waals surface area contributed by atoms with Crippen LogP contribution in [0.25, 0.3) is 0 Å². The van der Waals surface area contributed by atoms with Gasteiger partial charge in [-0.1, -0.05) is 34.1 Å². The van der Waals surface area contributed by atoms with Gasteiger partial charge < -0.3 is 5.11 Å². The number of hydrogen-bond acceptors (Lipinski definition) is 1. The topological polar surface area (TPSA) is 20.2 Å². The number of aliphatic hydroxyl groups excluding tert-OH is 1. The van der Waals surface area contributed by atoms with Crippen molar-refractivity contribution in [2.45, 2.75) is 65.9 Å². The van der Waals surface area contributed by atoms with Crippen molar-refractivity contribution >= 4 is 0 Å². The number of hydrogen-bond donors (Lipinski definition) is 1. The van der Waals surface area contributed by atoms with Gasteiger partial charge in [0.1, 0.15) is 0 Å². The van der Waals surface area contributed by atoms with E-state index in [9.17, 15) is 5.11 Å². The Hall–Kier alpha value is -0.0400. The first-order valence-corrected chi connectivity index (χ1v) is 8.11. The fraction of sp³-hybridized carbons (Fsp3) is 1.00. The van der Waals surface area contributed by atoms with Gasteiger partial charge in [0, 0.05) is 0 Å². The molecule has 0 saturated heterocycles. The highest BCUT2D eigenvalue weighted by molar-refractivity contribution is 5.06. The Balaban J connectivity index is 1.76. The maximum absolute atomic E-state index is 10.5. The Morgan fingerprint density at radius 3 is 2.22 bits per heavy atom. The molecule has 0 amide bonds. The molecule has 0 unspecified atom stereocenters. The molecule has 2 bridgehead atoms. The van der Waals surface area contributed by atoms with Crippen molar-refractivity contribution in [3.63, 3.8) is 0 Å².